The summed E-state index contributed by atoms with van der Waals surface area (Å²) in [5.74, 6) is 2.28. The molecule has 2 aromatic carbocycles. The molecule has 2 aromatic heterocycles. The van der Waals surface area contributed by atoms with Crippen molar-refractivity contribution in [2.45, 2.75) is 6.61 Å². The van der Waals surface area contributed by atoms with E-state index in [0.29, 0.717) is 23.0 Å². The van der Waals surface area contributed by atoms with Crippen molar-refractivity contribution < 1.29 is 18.7 Å². The summed E-state index contributed by atoms with van der Waals surface area (Å²) in [4.78, 5) is 12.2. The molecule has 0 saturated heterocycles. The zero-order chi connectivity index (χ0) is 20.1. The fourth-order valence-corrected chi connectivity index (χ4v) is 2.88. The van der Waals surface area contributed by atoms with Crippen molar-refractivity contribution in [3.63, 3.8) is 0 Å². The van der Waals surface area contributed by atoms with Gasteiger partial charge in [-0.3, -0.25) is 4.79 Å². The number of carbonyl (C=O) groups is 1. The molecule has 0 aliphatic heterocycles. The summed E-state index contributed by atoms with van der Waals surface area (Å²) in [6.45, 7) is -0.136. The minimum absolute atomic E-state index is 0.136. The number of rotatable bonds is 6. The van der Waals surface area contributed by atoms with E-state index in [1.54, 1.807) is 30.3 Å². The van der Waals surface area contributed by atoms with Gasteiger partial charge in [0.05, 0.1) is 0 Å². The number of furan rings is 2. The van der Waals surface area contributed by atoms with Crippen molar-refractivity contribution in [1.29, 1.82) is 0 Å². The maximum Gasteiger partial charge on any atom is 0.248 e. The number of aliphatic hydroxyl groups excluding tert-OH is 1. The summed E-state index contributed by atoms with van der Waals surface area (Å²) in [7, 11) is 0. The molecule has 5 heteroatoms. The Morgan fingerprint density at radius 2 is 1.52 bits per heavy atom. The summed E-state index contributed by atoms with van der Waals surface area (Å²) in [5.41, 5.74) is 2.52. The van der Waals surface area contributed by atoms with Gasteiger partial charge in [-0.2, -0.15) is 0 Å². The number of carbonyl (C=O) groups excluding carboxylic acids is 1. The average Bonchev–Trinajstić information content (AvgIpc) is 3.43. The highest BCUT2D eigenvalue weighted by Crippen LogP contribution is 2.24. The fourth-order valence-electron chi connectivity index (χ4n) is 2.88. The molecule has 0 unspecified atom stereocenters. The summed E-state index contributed by atoms with van der Waals surface area (Å²) >= 11 is 0. The van der Waals surface area contributed by atoms with E-state index in [0.717, 1.165) is 16.9 Å². The van der Waals surface area contributed by atoms with Gasteiger partial charge in [0, 0.05) is 22.9 Å². The van der Waals surface area contributed by atoms with Gasteiger partial charge in [-0.25, -0.2) is 0 Å². The van der Waals surface area contributed by atoms with Crippen molar-refractivity contribution in [3.05, 3.63) is 96.5 Å². The van der Waals surface area contributed by atoms with Gasteiger partial charge in [-0.1, -0.05) is 30.3 Å². The Kier molecular flexibility index (Phi) is 5.40. The number of amides is 1. The number of anilines is 1. The molecule has 29 heavy (non-hydrogen) atoms. The largest absolute Gasteiger partial charge is 0.459 e. The topological polar surface area (TPSA) is 75.6 Å². The average molecular weight is 385 g/mol. The van der Waals surface area contributed by atoms with E-state index in [1.165, 1.54) is 6.08 Å². The molecule has 0 aliphatic carbocycles. The smallest absolute Gasteiger partial charge is 0.248 e. The van der Waals surface area contributed by atoms with Crippen LogP contribution in [0.5, 0.6) is 0 Å². The minimum Gasteiger partial charge on any atom is -0.459 e. The lowest BCUT2D eigenvalue weighted by Gasteiger charge is -2.03. The predicted molar refractivity (Wildman–Crippen MR) is 112 cm³/mol. The van der Waals surface area contributed by atoms with Crippen LogP contribution >= 0.6 is 0 Å². The molecule has 4 rings (SSSR count). The Hall–Kier alpha value is -3.83. The van der Waals surface area contributed by atoms with Gasteiger partial charge in [-0.05, 0) is 54.6 Å². The van der Waals surface area contributed by atoms with Gasteiger partial charge >= 0.3 is 0 Å². The summed E-state index contributed by atoms with van der Waals surface area (Å²) in [6.07, 6.45) is 3.07. The van der Waals surface area contributed by atoms with Crippen molar-refractivity contribution in [2.24, 2.45) is 0 Å². The van der Waals surface area contributed by atoms with E-state index < -0.39 is 0 Å². The first-order chi connectivity index (χ1) is 14.2. The number of hydrogen-bond acceptors (Lipinski definition) is 4. The first kappa shape index (κ1) is 18.5. The maximum absolute atomic E-state index is 12.2. The van der Waals surface area contributed by atoms with E-state index >= 15 is 0 Å². The summed E-state index contributed by atoms with van der Waals surface area (Å²) in [5, 5.41) is 11.9. The second-order valence-corrected chi connectivity index (χ2v) is 6.39. The molecule has 2 N–H and O–H groups in total. The fraction of sp³-hybridized carbons (Fsp3) is 0.0417. The van der Waals surface area contributed by atoms with E-state index in [2.05, 4.69) is 5.32 Å². The molecule has 5 nitrogen and oxygen atoms in total. The van der Waals surface area contributed by atoms with Crippen molar-refractivity contribution >= 4 is 17.7 Å². The first-order valence-corrected chi connectivity index (χ1v) is 9.15. The third-order valence-corrected chi connectivity index (χ3v) is 4.34. The van der Waals surface area contributed by atoms with Crippen LogP contribution in [0, 0.1) is 0 Å². The lowest BCUT2D eigenvalue weighted by atomic mass is 10.1. The molecule has 0 spiro atoms. The molecular formula is C24H19NO4. The van der Waals surface area contributed by atoms with Crippen molar-refractivity contribution in [1.82, 2.24) is 0 Å². The molecule has 0 saturated carbocycles. The highest BCUT2D eigenvalue weighted by molar-refractivity contribution is 6.01. The Bertz CT molecular complexity index is 1120. The Labute approximate surface area is 167 Å². The second kappa shape index (κ2) is 8.46. The lowest BCUT2D eigenvalue weighted by Crippen LogP contribution is -2.07. The third kappa shape index (κ3) is 4.54. The van der Waals surface area contributed by atoms with Crippen LogP contribution in [0.2, 0.25) is 0 Å². The van der Waals surface area contributed by atoms with Gasteiger partial charge in [0.15, 0.2) is 0 Å². The zero-order valence-electron chi connectivity index (χ0n) is 15.5. The van der Waals surface area contributed by atoms with E-state index in [9.17, 15) is 4.79 Å². The Balaban J connectivity index is 1.37. The quantitative estimate of drug-likeness (QED) is 0.439. The molecule has 1 amide bonds. The molecule has 0 aliphatic rings. The van der Waals surface area contributed by atoms with Crippen LogP contribution < -0.4 is 5.32 Å². The molecule has 2 heterocycles. The number of nitrogens with one attached hydrogen (secondary N) is 1. The Morgan fingerprint density at radius 1 is 0.828 bits per heavy atom. The molecule has 144 valence electrons. The lowest BCUT2D eigenvalue weighted by molar-refractivity contribution is -0.111. The van der Waals surface area contributed by atoms with E-state index in [-0.39, 0.29) is 12.5 Å². The number of hydrogen-bond donors (Lipinski definition) is 2. The number of benzene rings is 2. The van der Waals surface area contributed by atoms with Gasteiger partial charge in [0.1, 0.15) is 29.6 Å². The Morgan fingerprint density at radius 3 is 2.24 bits per heavy atom. The molecule has 0 radical (unpaired) electrons. The first-order valence-electron chi connectivity index (χ1n) is 9.15. The van der Waals surface area contributed by atoms with Crippen molar-refractivity contribution in [3.8, 4) is 22.6 Å². The van der Waals surface area contributed by atoms with Gasteiger partial charge < -0.3 is 19.3 Å². The molecule has 0 bridgehead atoms. The SMILES string of the molecule is O=C(/C=C/c1ccc(-c2ccccc2)o1)Nc1ccc(-c2ccc(CO)o2)cc1. The van der Waals surface area contributed by atoms with E-state index in [1.807, 2.05) is 54.6 Å². The molecule has 0 atom stereocenters. The van der Waals surface area contributed by atoms with E-state index in [4.69, 9.17) is 13.9 Å². The monoisotopic (exact) mass is 385 g/mol. The minimum atomic E-state index is -0.254. The van der Waals surface area contributed by atoms with Crippen LogP contribution in [0.25, 0.3) is 28.7 Å². The highest BCUT2D eigenvalue weighted by atomic mass is 16.4. The standard InChI is InChI=1S/C24H19NO4/c26-16-21-11-14-23(29-21)18-6-8-19(9-7-18)25-24(27)15-12-20-10-13-22(28-20)17-4-2-1-3-5-17/h1-15,26H,16H2,(H,25,27)/b15-12+. The van der Waals surface area contributed by atoms with Gasteiger partial charge in [0.25, 0.3) is 0 Å². The zero-order valence-corrected chi connectivity index (χ0v) is 15.5. The highest BCUT2D eigenvalue weighted by Gasteiger charge is 2.06. The van der Waals surface area contributed by atoms with Crippen LogP contribution in [-0.4, -0.2) is 11.0 Å². The van der Waals surface area contributed by atoms with Crippen LogP contribution in [0.15, 0.2) is 93.8 Å². The third-order valence-electron chi connectivity index (χ3n) is 4.34. The van der Waals surface area contributed by atoms with Crippen LogP contribution in [-0.2, 0) is 11.4 Å². The van der Waals surface area contributed by atoms with Crippen LogP contribution in [0.4, 0.5) is 5.69 Å². The molecular weight excluding hydrogens is 366 g/mol. The second-order valence-electron chi connectivity index (χ2n) is 6.39. The van der Waals surface area contributed by atoms with Crippen LogP contribution in [0.1, 0.15) is 11.5 Å². The molecule has 4 aromatic rings. The summed E-state index contributed by atoms with van der Waals surface area (Å²) < 4.78 is 11.3. The van der Waals surface area contributed by atoms with Crippen LogP contribution in [0.3, 0.4) is 0 Å². The van der Waals surface area contributed by atoms with Gasteiger partial charge in [0.2, 0.25) is 5.91 Å². The molecule has 0 fully saturated rings. The number of aliphatic hydroxyl groups is 1. The van der Waals surface area contributed by atoms with Crippen molar-refractivity contribution in [2.75, 3.05) is 5.32 Å². The van der Waals surface area contributed by atoms with Gasteiger partial charge in [-0.15, -0.1) is 0 Å². The summed E-state index contributed by atoms with van der Waals surface area (Å²) in [6, 6.07) is 24.3. The predicted octanol–water partition coefficient (Wildman–Crippen LogP) is 5.35. The maximum atomic E-state index is 12.2. The normalized spacial score (nSPS) is 11.1.